The Hall–Kier alpha value is -1.99. The molecular formula is C17H20N2O4S. The van der Waals surface area contributed by atoms with E-state index in [-0.39, 0.29) is 16.7 Å². The van der Waals surface area contributed by atoms with Crippen molar-refractivity contribution < 1.29 is 17.9 Å². The highest BCUT2D eigenvalue weighted by Gasteiger charge is 2.29. The molecule has 3 rings (SSSR count). The Bertz CT molecular complexity index is 839. The van der Waals surface area contributed by atoms with Crippen LogP contribution in [0.4, 0.5) is 0 Å². The predicted octanol–water partition coefficient (Wildman–Crippen LogP) is 2.10. The number of pyridine rings is 1. The minimum Gasteiger partial charge on any atom is -0.381 e. The molecule has 6 nitrogen and oxygen atoms in total. The molecule has 1 atom stereocenters. The molecule has 128 valence electrons. The van der Waals surface area contributed by atoms with Gasteiger partial charge in [-0.2, -0.15) is 0 Å². The molecule has 0 spiro atoms. The van der Waals surface area contributed by atoms with Crippen molar-refractivity contribution in [1.29, 1.82) is 0 Å². The molecule has 1 aliphatic rings. The molecule has 1 fully saturated rings. The average molecular weight is 348 g/mol. The van der Waals surface area contributed by atoms with Crippen molar-refractivity contribution in [3.8, 4) is 0 Å². The van der Waals surface area contributed by atoms with Gasteiger partial charge in [0.15, 0.2) is 0 Å². The third-order valence-electron chi connectivity index (χ3n) is 4.55. The number of amides is 1. The fourth-order valence-corrected chi connectivity index (χ4v) is 4.33. The van der Waals surface area contributed by atoms with Crippen molar-refractivity contribution in [2.45, 2.75) is 24.7 Å². The molecule has 0 aliphatic carbocycles. The quantitative estimate of drug-likeness (QED) is 0.914. The molecule has 7 heteroatoms. The number of rotatable bonds is 4. The summed E-state index contributed by atoms with van der Waals surface area (Å²) >= 11 is 0. The van der Waals surface area contributed by atoms with Gasteiger partial charge in [-0.1, -0.05) is 19.1 Å². The lowest BCUT2D eigenvalue weighted by atomic mass is 9.87. The SMILES string of the molecule is CC(C(=O)NS(=O)(=O)c1cccc2cnccc12)C1CCOCC1. The Morgan fingerprint density at radius 3 is 2.79 bits per heavy atom. The Morgan fingerprint density at radius 1 is 1.29 bits per heavy atom. The van der Waals surface area contributed by atoms with Crippen LogP contribution in [0.2, 0.25) is 0 Å². The van der Waals surface area contributed by atoms with Gasteiger partial charge in [0.05, 0.1) is 4.90 Å². The molecule has 1 N–H and O–H groups in total. The van der Waals surface area contributed by atoms with Crippen LogP contribution < -0.4 is 4.72 Å². The second kappa shape index (κ2) is 6.86. The van der Waals surface area contributed by atoms with Gasteiger partial charge in [0.1, 0.15) is 0 Å². The average Bonchev–Trinajstić information content (AvgIpc) is 2.61. The zero-order valence-electron chi connectivity index (χ0n) is 13.4. The topological polar surface area (TPSA) is 85.4 Å². The first-order chi connectivity index (χ1) is 11.5. The van der Waals surface area contributed by atoms with Crippen LogP contribution >= 0.6 is 0 Å². The van der Waals surface area contributed by atoms with Crippen LogP contribution in [0.1, 0.15) is 19.8 Å². The van der Waals surface area contributed by atoms with Crippen LogP contribution in [0, 0.1) is 11.8 Å². The Kier molecular flexibility index (Phi) is 4.82. The first kappa shape index (κ1) is 16.9. The fraction of sp³-hybridized carbons (Fsp3) is 0.412. The van der Waals surface area contributed by atoms with Crippen LogP contribution in [0.25, 0.3) is 10.8 Å². The van der Waals surface area contributed by atoms with Gasteiger partial charge >= 0.3 is 0 Å². The van der Waals surface area contributed by atoms with E-state index in [1.165, 1.54) is 12.3 Å². The monoisotopic (exact) mass is 348 g/mol. The van der Waals surface area contributed by atoms with Crippen LogP contribution in [-0.2, 0) is 19.6 Å². The van der Waals surface area contributed by atoms with Crippen molar-refractivity contribution in [3.05, 3.63) is 36.7 Å². The Balaban J connectivity index is 1.83. The number of nitrogens with one attached hydrogen (secondary N) is 1. The molecule has 1 saturated heterocycles. The Labute approximate surface area is 141 Å². The second-order valence-corrected chi connectivity index (χ2v) is 7.71. The van der Waals surface area contributed by atoms with Gasteiger partial charge in [0.2, 0.25) is 5.91 Å². The normalized spacial score (nSPS) is 17.5. The largest absolute Gasteiger partial charge is 0.381 e. The summed E-state index contributed by atoms with van der Waals surface area (Å²) in [5.41, 5.74) is 0. The number of aromatic nitrogens is 1. The standard InChI is InChI=1S/C17H20N2O4S/c1-12(13-6-9-23-10-7-13)17(20)19-24(21,22)16-4-2-3-14-11-18-8-5-15(14)16/h2-5,8,11-13H,6-7,9-10H2,1H3,(H,19,20). The number of ether oxygens (including phenoxy) is 1. The maximum absolute atomic E-state index is 12.7. The molecule has 1 amide bonds. The smallest absolute Gasteiger partial charge is 0.264 e. The Morgan fingerprint density at radius 2 is 2.04 bits per heavy atom. The summed E-state index contributed by atoms with van der Waals surface area (Å²) in [5, 5.41) is 1.26. The molecule has 2 aromatic rings. The van der Waals surface area contributed by atoms with Gasteiger partial charge in [0, 0.05) is 42.3 Å². The second-order valence-electron chi connectivity index (χ2n) is 6.06. The molecule has 0 radical (unpaired) electrons. The fourth-order valence-electron chi connectivity index (χ4n) is 3.04. The van der Waals surface area contributed by atoms with Gasteiger partial charge in [-0.25, -0.2) is 13.1 Å². The number of fused-ring (bicyclic) bond motifs is 1. The van der Waals surface area contributed by atoms with E-state index >= 15 is 0 Å². The third-order valence-corrected chi connectivity index (χ3v) is 5.96. The zero-order chi connectivity index (χ0) is 17.2. The highest BCUT2D eigenvalue weighted by molar-refractivity contribution is 7.90. The summed E-state index contributed by atoms with van der Waals surface area (Å²) in [7, 11) is -3.93. The lowest BCUT2D eigenvalue weighted by molar-refractivity contribution is -0.125. The maximum atomic E-state index is 12.7. The van der Waals surface area contributed by atoms with Crippen LogP contribution in [0.3, 0.4) is 0 Å². The third kappa shape index (κ3) is 3.42. The number of carbonyl (C=O) groups excluding carboxylic acids is 1. The summed E-state index contributed by atoms with van der Waals surface area (Å²) in [5.74, 6) is -0.695. The zero-order valence-corrected chi connectivity index (χ0v) is 14.3. The van der Waals surface area contributed by atoms with Crippen molar-refractivity contribution >= 4 is 26.7 Å². The number of hydrogen-bond donors (Lipinski definition) is 1. The summed E-state index contributed by atoms with van der Waals surface area (Å²) in [6, 6.07) is 6.56. The van der Waals surface area contributed by atoms with E-state index in [9.17, 15) is 13.2 Å². The van der Waals surface area contributed by atoms with E-state index in [0.717, 1.165) is 12.8 Å². The van der Waals surface area contributed by atoms with E-state index in [0.29, 0.717) is 24.0 Å². The number of nitrogens with zero attached hydrogens (tertiary/aromatic N) is 1. The molecule has 1 aromatic heterocycles. The molecule has 2 heterocycles. The van der Waals surface area contributed by atoms with Crippen molar-refractivity contribution in [2.75, 3.05) is 13.2 Å². The van der Waals surface area contributed by atoms with Crippen molar-refractivity contribution in [1.82, 2.24) is 9.71 Å². The van der Waals surface area contributed by atoms with Crippen LogP contribution in [0.5, 0.6) is 0 Å². The summed E-state index contributed by atoms with van der Waals surface area (Å²) in [4.78, 5) is 16.5. The molecule has 0 saturated carbocycles. The van der Waals surface area contributed by atoms with Crippen molar-refractivity contribution in [2.24, 2.45) is 11.8 Å². The summed E-state index contributed by atoms with van der Waals surface area (Å²) in [6.07, 6.45) is 4.68. The first-order valence-corrected chi connectivity index (χ1v) is 9.44. The molecule has 24 heavy (non-hydrogen) atoms. The lowest BCUT2D eigenvalue weighted by Crippen LogP contribution is -2.39. The predicted molar refractivity (Wildman–Crippen MR) is 89.8 cm³/mol. The molecule has 1 unspecified atom stereocenters. The minimum absolute atomic E-state index is 0.0925. The van der Waals surface area contributed by atoms with Gasteiger partial charge in [0.25, 0.3) is 10.0 Å². The highest BCUT2D eigenvalue weighted by atomic mass is 32.2. The lowest BCUT2D eigenvalue weighted by Gasteiger charge is -2.26. The number of benzene rings is 1. The van der Waals surface area contributed by atoms with E-state index in [1.54, 1.807) is 31.3 Å². The van der Waals surface area contributed by atoms with Crippen LogP contribution in [-0.4, -0.2) is 32.5 Å². The number of carbonyl (C=O) groups is 1. The van der Waals surface area contributed by atoms with Gasteiger partial charge in [-0.05, 0) is 30.9 Å². The minimum atomic E-state index is -3.93. The van der Waals surface area contributed by atoms with Crippen LogP contribution in [0.15, 0.2) is 41.6 Å². The molecule has 1 aliphatic heterocycles. The van der Waals surface area contributed by atoms with E-state index < -0.39 is 15.9 Å². The number of hydrogen-bond acceptors (Lipinski definition) is 5. The van der Waals surface area contributed by atoms with E-state index in [4.69, 9.17) is 4.74 Å². The van der Waals surface area contributed by atoms with Crippen molar-refractivity contribution in [3.63, 3.8) is 0 Å². The highest BCUT2D eigenvalue weighted by Crippen LogP contribution is 2.25. The number of sulfonamides is 1. The van der Waals surface area contributed by atoms with Gasteiger partial charge < -0.3 is 4.74 Å². The van der Waals surface area contributed by atoms with Gasteiger partial charge in [-0.15, -0.1) is 0 Å². The van der Waals surface area contributed by atoms with E-state index in [1.807, 2.05) is 0 Å². The first-order valence-electron chi connectivity index (χ1n) is 7.96. The maximum Gasteiger partial charge on any atom is 0.264 e. The molecule has 0 bridgehead atoms. The summed E-state index contributed by atoms with van der Waals surface area (Å²) in [6.45, 7) is 3.00. The molecule has 1 aromatic carbocycles. The summed E-state index contributed by atoms with van der Waals surface area (Å²) < 4.78 is 32.9. The molecular weight excluding hydrogens is 328 g/mol. The van der Waals surface area contributed by atoms with E-state index in [2.05, 4.69) is 9.71 Å². The van der Waals surface area contributed by atoms with Gasteiger partial charge in [-0.3, -0.25) is 9.78 Å².